The van der Waals surface area contributed by atoms with Crippen LogP contribution < -0.4 is 5.32 Å². The summed E-state index contributed by atoms with van der Waals surface area (Å²) in [6.07, 6.45) is 11.8. The molecule has 1 saturated heterocycles. The molecule has 0 atom stereocenters. The lowest BCUT2D eigenvalue weighted by Gasteiger charge is -2.55. The van der Waals surface area contributed by atoms with Gasteiger partial charge in [-0.05, 0) is 82.2 Å². The first-order valence-electron chi connectivity index (χ1n) is 8.74. The largest absolute Gasteiger partial charge is 0.343 e. The normalized spacial score (nSPS) is 43.7. The molecule has 1 amide bonds. The predicted molar refractivity (Wildman–Crippen MR) is 79.0 cm³/mol. The molecule has 0 unspecified atom stereocenters. The van der Waals surface area contributed by atoms with Crippen molar-refractivity contribution in [1.29, 1.82) is 0 Å². The molecule has 4 saturated carbocycles. The molecule has 0 aromatic carbocycles. The fraction of sp³-hybridized carbons (Fsp3) is 0.941. The summed E-state index contributed by atoms with van der Waals surface area (Å²) in [5.74, 6) is 2.98. The molecule has 5 fully saturated rings. The smallest absolute Gasteiger partial charge is 0.227 e. The van der Waals surface area contributed by atoms with Gasteiger partial charge in [0.25, 0.3) is 0 Å². The molecule has 5 rings (SSSR count). The Morgan fingerprint density at radius 1 is 0.950 bits per heavy atom. The minimum Gasteiger partial charge on any atom is -0.343 e. The number of carbonyl (C=O) groups is 1. The number of nitrogens with zero attached hydrogens (tertiary/aromatic N) is 1. The molecule has 4 aliphatic carbocycles. The van der Waals surface area contributed by atoms with Crippen LogP contribution in [0.5, 0.6) is 0 Å². The number of amides is 1. The fourth-order valence-corrected chi connectivity index (χ4v) is 5.88. The second kappa shape index (κ2) is 5.01. The van der Waals surface area contributed by atoms with Crippen LogP contribution in [0.15, 0.2) is 0 Å². The van der Waals surface area contributed by atoms with E-state index in [-0.39, 0.29) is 5.41 Å². The standard InChI is InChI=1S/C17H28N2O/c20-16(18-12-19-4-2-1-3-5-19)17-9-13-6-14(10-17)8-15(7-13)11-17/h13-15H,1-12H2,(H,18,20). The van der Waals surface area contributed by atoms with Gasteiger partial charge in [-0.25, -0.2) is 0 Å². The van der Waals surface area contributed by atoms with Crippen LogP contribution in [0.4, 0.5) is 0 Å². The Morgan fingerprint density at radius 3 is 2.05 bits per heavy atom. The van der Waals surface area contributed by atoms with Gasteiger partial charge < -0.3 is 5.32 Å². The number of hydrogen-bond acceptors (Lipinski definition) is 2. The van der Waals surface area contributed by atoms with E-state index in [0.29, 0.717) is 5.91 Å². The third-order valence-corrected chi connectivity index (χ3v) is 6.43. The molecule has 5 aliphatic rings. The van der Waals surface area contributed by atoms with E-state index in [2.05, 4.69) is 10.2 Å². The third kappa shape index (κ3) is 2.28. The van der Waals surface area contributed by atoms with Crippen LogP contribution >= 0.6 is 0 Å². The Morgan fingerprint density at radius 2 is 1.50 bits per heavy atom. The van der Waals surface area contributed by atoms with Gasteiger partial charge in [-0.1, -0.05) is 6.42 Å². The van der Waals surface area contributed by atoms with Crippen molar-refractivity contribution in [2.75, 3.05) is 19.8 Å². The molecule has 0 radical (unpaired) electrons. The van der Waals surface area contributed by atoms with Crippen LogP contribution in [-0.2, 0) is 4.79 Å². The van der Waals surface area contributed by atoms with E-state index in [1.54, 1.807) is 0 Å². The van der Waals surface area contributed by atoms with Crippen molar-refractivity contribution in [3.8, 4) is 0 Å². The maximum absolute atomic E-state index is 12.8. The second-order valence-corrected chi connectivity index (χ2v) is 8.04. The minimum atomic E-state index is 0.0323. The van der Waals surface area contributed by atoms with Crippen molar-refractivity contribution in [2.45, 2.75) is 57.8 Å². The summed E-state index contributed by atoms with van der Waals surface area (Å²) in [5, 5.41) is 3.30. The molecule has 3 heteroatoms. The van der Waals surface area contributed by atoms with Gasteiger partial charge in [-0.15, -0.1) is 0 Å². The van der Waals surface area contributed by atoms with E-state index in [4.69, 9.17) is 0 Å². The fourth-order valence-electron chi connectivity index (χ4n) is 5.88. The number of piperidine rings is 1. The summed E-state index contributed by atoms with van der Waals surface area (Å²) < 4.78 is 0. The predicted octanol–water partition coefficient (Wildman–Crippen LogP) is 2.76. The highest BCUT2D eigenvalue weighted by Gasteiger charge is 2.54. The first kappa shape index (κ1) is 13.1. The van der Waals surface area contributed by atoms with Crippen LogP contribution in [0, 0.1) is 23.2 Å². The second-order valence-electron chi connectivity index (χ2n) is 8.04. The van der Waals surface area contributed by atoms with Crippen molar-refractivity contribution in [2.24, 2.45) is 23.2 Å². The van der Waals surface area contributed by atoms with Gasteiger partial charge >= 0.3 is 0 Å². The topological polar surface area (TPSA) is 32.3 Å². The monoisotopic (exact) mass is 276 g/mol. The average Bonchev–Trinajstić information content (AvgIpc) is 2.44. The lowest BCUT2D eigenvalue weighted by Crippen LogP contribution is -2.55. The van der Waals surface area contributed by atoms with Gasteiger partial charge in [0.05, 0.1) is 12.1 Å². The molecule has 0 aromatic heterocycles. The molecule has 3 nitrogen and oxygen atoms in total. The van der Waals surface area contributed by atoms with Gasteiger partial charge in [0.15, 0.2) is 0 Å². The Labute approximate surface area is 122 Å². The van der Waals surface area contributed by atoms with Gasteiger partial charge in [-0.2, -0.15) is 0 Å². The molecular formula is C17H28N2O. The summed E-state index contributed by atoms with van der Waals surface area (Å²) >= 11 is 0. The van der Waals surface area contributed by atoms with Gasteiger partial charge in [0.2, 0.25) is 5.91 Å². The van der Waals surface area contributed by atoms with Crippen molar-refractivity contribution < 1.29 is 4.79 Å². The summed E-state index contributed by atoms with van der Waals surface area (Å²) in [7, 11) is 0. The molecule has 4 bridgehead atoms. The van der Waals surface area contributed by atoms with E-state index in [9.17, 15) is 4.79 Å². The number of likely N-dealkylation sites (tertiary alicyclic amines) is 1. The molecule has 0 aromatic rings. The Balaban J connectivity index is 1.38. The van der Waals surface area contributed by atoms with E-state index in [0.717, 1.165) is 24.4 Å². The number of carbonyl (C=O) groups excluding carboxylic acids is 1. The highest BCUT2D eigenvalue weighted by atomic mass is 16.2. The zero-order valence-electron chi connectivity index (χ0n) is 12.6. The van der Waals surface area contributed by atoms with Gasteiger partial charge in [0.1, 0.15) is 0 Å². The lowest BCUT2D eigenvalue weighted by molar-refractivity contribution is -0.147. The summed E-state index contributed by atoms with van der Waals surface area (Å²) in [6.45, 7) is 3.13. The van der Waals surface area contributed by atoms with Crippen LogP contribution in [0.3, 0.4) is 0 Å². The molecule has 1 N–H and O–H groups in total. The Kier molecular flexibility index (Phi) is 3.29. The molecule has 20 heavy (non-hydrogen) atoms. The zero-order valence-corrected chi connectivity index (χ0v) is 12.6. The van der Waals surface area contributed by atoms with Gasteiger partial charge in [-0.3, -0.25) is 9.69 Å². The van der Waals surface area contributed by atoms with Crippen LogP contribution in [0.2, 0.25) is 0 Å². The minimum absolute atomic E-state index is 0.0323. The highest BCUT2D eigenvalue weighted by Crippen LogP contribution is 2.60. The van der Waals surface area contributed by atoms with Crippen molar-refractivity contribution >= 4 is 5.91 Å². The number of hydrogen-bond donors (Lipinski definition) is 1. The van der Waals surface area contributed by atoms with Crippen molar-refractivity contribution in [1.82, 2.24) is 10.2 Å². The SMILES string of the molecule is O=C(NCN1CCCCC1)C12CC3CC(CC(C3)C1)C2. The first-order chi connectivity index (χ1) is 9.73. The third-order valence-electron chi connectivity index (χ3n) is 6.43. The summed E-state index contributed by atoms with van der Waals surface area (Å²) in [4.78, 5) is 15.2. The number of nitrogens with one attached hydrogen (secondary N) is 1. The summed E-state index contributed by atoms with van der Waals surface area (Å²) in [5.41, 5.74) is 0.0323. The molecule has 112 valence electrons. The maximum Gasteiger partial charge on any atom is 0.227 e. The molecule has 0 spiro atoms. The van der Waals surface area contributed by atoms with Crippen molar-refractivity contribution in [3.63, 3.8) is 0 Å². The van der Waals surface area contributed by atoms with Crippen molar-refractivity contribution in [3.05, 3.63) is 0 Å². The molecule has 1 heterocycles. The molecular weight excluding hydrogens is 248 g/mol. The quantitative estimate of drug-likeness (QED) is 0.859. The van der Waals surface area contributed by atoms with Crippen LogP contribution in [0.25, 0.3) is 0 Å². The van der Waals surface area contributed by atoms with Gasteiger partial charge in [0, 0.05) is 0 Å². The Hall–Kier alpha value is -0.570. The average molecular weight is 276 g/mol. The zero-order chi connectivity index (χ0) is 13.6. The van der Waals surface area contributed by atoms with E-state index >= 15 is 0 Å². The van der Waals surface area contributed by atoms with E-state index in [1.165, 1.54) is 70.9 Å². The Bertz CT molecular complexity index is 351. The van der Waals surface area contributed by atoms with E-state index < -0.39 is 0 Å². The summed E-state index contributed by atoms with van der Waals surface area (Å²) in [6, 6.07) is 0. The maximum atomic E-state index is 12.8. The van der Waals surface area contributed by atoms with E-state index in [1.807, 2.05) is 0 Å². The highest BCUT2D eigenvalue weighted by molar-refractivity contribution is 5.83. The van der Waals surface area contributed by atoms with Crippen LogP contribution in [-0.4, -0.2) is 30.6 Å². The lowest BCUT2D eigenvalue weighted by atomic mass is 9.49. The number of rotatable bonds is 3. The first-order valence-corrected chi connectivity index (χ1v) is 8.74. The molecule has 1 aliphatic heterocycles. The van der Waals surface area contributed by atoms with Crippen LogP contribution in [0.1, 0.15) is 57.8 Å².